The number of nitrogens with one attached hydrogen (secondary N) is 2. The Morgan fingerprint density at radius 3 is 2.30 bits per heavy atom. The third-order valence-corrected chi connectivity index (χ3v) is 10.7. The predicted molar refractivity (Wildman–Crippen MR) is 206 cm³/mol. The van der Waals surface area contributed by atoms with Crippen molar-refractivity contribution in [1.29, 1.82) is 0 Å². The van der Waals surface area contributed by atoms with Gasteiger partial charge < -0.3 is 36.8 Å². The molecule has 1 fully saturated rings. The summed E-state index contributed by atoms with van der Waals surface area (Å²) < 4.78 is 5.88. The van der Waals surface area contributed by atoms with Crippen LogP contribution in [-0.2, 0) is 43.5 Å². The second-order valence-corrected chi connectivity index (χ2v) is 16.0. The highest BCUT2D eigenvalue weighted by Gasteiger charge is 2.44. The van der Waals surface area contributed by atoms with Gasteiger partial charge in [-0.3, -0.25) is 19.2 Å². The number of carbonyl (C=O) groups is 4. The van der Waals surface area contributed by atoms with Gasteiger partial charge in [0, 0.05) is 38.4 Å². The van der Waals surface area contributed by atoms with E-state index in [9.17, 15) is 24.3 Å². The molecule has 1 aromatic heterocycles. The number of benzene rings is 2. The number of nitrogens with zero attached hydrogens (tertiary/aromatic N) is 2. The fourth-order valence-electron chi connectivity index (χ4n) is 6.33. The van der Waals surface area contributed by atoms with E-state index in [-0.39, 0.29) is 68.1 Å². The Morgan fingerprint density at radius 2 is 1.68 bits per heavy atom. The molecule has 12 nitrogen and oxygen atoms in total. The van der Waals surface area contributed by atoms with E-state index >= 15 is 0 Å². The summed E-state index contributed by atoms with van der Waals surface area (Å²) >= 11 is 1.58. The van der Waals surface area contributed by atoms with Gasteiger partial charge in [-0.15, -0.1) is 11.3 Å². The summed E-state index contributed by atoms with van der Waals surface area (Å²) in [7, 11) is 0. The number of aromatic nitrogens is 1. The number of primary amides is 1. The van der Waals surface area contributed by atoms with Crippen LogP contribution in [0.3, 0.4) is 0 Å². The van der Waals surface area contributed by atoms with Gasteiger partial charge in [-0.05, 0) is 67.2 Å². The average Bonchev–Trinajstić information content (AvgIpc) is 3.74. The van der Waals surface area contributed by atoms with Crippen LogP contribution in [0.4, 0.5) is 0 Å². The molecule has 0 aliphatic carbocycles. The highest BCUT2D eigenvalue weighted by molar-refractivity contribution is 7.13. The lowest BCUT2D eigenvalue weighted by Gasteiger charge is -2.35. The van der Waals surface area contributed by atoms with Gasteiger partial charge in [-0.1, -0.05) is 69.3 Å². The van der Waals surface area contributed by atoms with Gasteiger partial charge in [0.05, 0.1) is 34.9 Å². The van der Waals surface area contributed by atoms with Crippen LogP contribution in [0.2, 0.25) is 0 Å². The van der Waals surface area contributed by atoms with Crippen molar-refractivity contribution in [3.63, 3.8) is 0 Å². The van der Waals surface area contributed by atoms with Crippen LogP contribution in [0.15, 0.2) is 54.0 Å². The largest absolute Gasteiger partial charge is 0.391 e. The summed E-state index contributed by atoms with van der Waals surface area (Å²) in [4.78, 5) is 58.3. The van der Waals surface area contributed by atoms with E-state index < -0.39 is 23.6 Å². The Kier molecular flexibility index (Phi) is 15.1. The van der Waals surface area contributed by atoms with Crippen molar-refractivity contribution in [2.75, 3.05) is 6.54 Å². The minimum Gasteiger partial charge on any atom is -0.391 e. The number of amides is 4. The number of hydrogen-bond donors (Lipinski definition) is 5. The summed E-state index contributed by atoms with van der Waals surface area (Å²) in [5, 5.41) is 16.4. The number of likely N-dealkylation sites (tertiary alicyclic amines) is 1. The lowest BCUT2D eigenvalue weighted by molar-refractivity contribution is -0.144. The van der Waals surface area contributed by atoms with E-state index in [0.29, 0.717) is 19.4 Å². The van der Waals surface area contributed by atoms with Crippen molar-refractivity contribution < 1.29 is 29.0 Å². The molecule has 0 saturated carbocycles. The molecule has 1 aliphatic rings. The number of aliphatic hydroxyl groups is 1. The Hall–Kier alpha value is -4.17. The Labute approximate surface area is 317 Å². The number of unbranched alkanes of at least 4 members (excludes halogenated alkanes) is 1. The van der Waals surface area contributed by atoms with Crippen molar-refractivity contribution in [2.45, 2.75) is 123 Å². The normalized spacial score (nSPS) is 17.6. The molecule has 0 radical (unpaired) electrons. The first-order valence-corrected chi connectivity index (χ1v) is 19.3. The van der Waals surface area contributed by atoms with Crippen molar-refractivity contribution in [3.05, 3.63) is 76.4 Å². The van der Waals surface area contributed by atoms with Gasteiger partial charge in [-0.2, -0.15) is 0 Å². The predicted octanol–water partition coefficient (Wildman–Crippen LogP) is 4.14. The lowest BCUT2D eigenvalue weighted by Crippen LogP contribution is -2.57. The van der Waals surface area contributed by atoms with E-state index in [1.807, 2.05) is 88.7 Å². The van der Waals surface area contributed by atoms with E-state index in [1.54, 1.807) is 11.3 Å². The second kappa shape index (κ2) is 19.2. The number of thiazole rings is 1. The van der Waals surface area contributed by atoms with Crippen LogP contribution in [0.5, 0.6) is 0 Å². The van der Waals surface area contributed by atoms with Crippen LogP contribution in [0, 0.1) is 12.3 Å². The molecule has 0 spiro atoms. The van der Waals surface area contributed by atoms with Gasteiger partial charge in [-0.25, -0.2) is 4.98 Å². The van der Waals surface area contributed by atoms with Crippen molar-refractivity contribution in [3.8, 4) is 10.4 Å². The number of ether oxygens (including phenoxy) is 1. The molecule has 288 valence electrons. The number of rotatable bonds is 18. The summed E-state index contributed by atoms with van der Waals surface area (Å²) in [6, 6.07) is 14.0. The average molecular weight is 749 g/mol. The van der Waals surface area contributed by atoms with Gasteiger partial charge in [0.15, 0.2) is 0 Å². The fourth-order valence-corrected chi connectivity index (χ4v) is 7.14. The maximum atomic E-state index is 13.9. The molecule has 7 N–H and O–H groups in total. The number of aliphatic hydroxyl groups excluding tert-OH is 1. The summed E-state index contributed by atoms with van der Waals surface area (Å²) in [6.07, 6.45) is 2.28. The minimum atomic E-state index is -0.867. The molecule has 2 aromatic carbocycles. The van der Waals surface area contributed by atoms with Crippen molar-refractivity contribution in [2.24, 2.45) is 16.9 Å². The van der Waals surface area contributed by atoms with E-state index in [0.717, 1.165) is 45.7 Å². The lowest BCUT2D eigenvalue weighted by atomic mass is 9.85. The topological polar surface area (TPSA) is 190 Å². The van der Waals surface area contributed by atoms with E-state index in [4.69, 9.17) is 16.2 Å². The molecule has 4 amide bonds. The first kappa shape index (κ1) is 41.6. The van der Waals surface area contributed by atoms with E-state index in [1.165, 1.54) is 4.90 Å². The first-order valence-electron chi connectivity index (χ1n) is 18.4. The zero-order valence-corrected chi connectivity index (χ0v) is 32.4. The Morgan fingerprint density at radius 1 is 1.02 bits per heavy atom. The van der Waals surface area contributed by atoms with Gasteiger partial charge >= 0.3 is 0 Å². The molecule has 1 unspecified atom stereocenters. The number of nitrogens with two attached hydrogens (primary N) is 2. The van der Waals surface area contributed by atoms with Crippen LogP contribution < -0.4 is 22.1 Å². The SMILES string of the molecule is Cc1ncsc1-c1ccc(CNC(=O)[C@@H]2C[C@@H](O)CN2C(=O)C(NC(=O)CCCCc2ccc(CO[C@H](C)[C@@H](N)CCC(N)=O)cc2)C(C)(C)C)cc1. The zero-order valence-electron chi connectivity index (χ0n) is 31.6. The number of carbonyl (C=O) groups excluding carboxylic acids is 4. The molecule has 0 bridgehead atoms. The molecule has 5 atom stereocenters. The van der Waals surface area contributed by atoms with Crippen molar-refractivity contribution in [1.82, 2.24) is 20.5 Å². The summed E-state index contributed by atoms with van der Waals surface area (Å²) in [5.41, 5.74) is 17.6. The third kappa shape index (κ3) is 12.4. The van der Waals surface area contributed by atoms with Crippen LogP contribution in [-0.4, -0.2) is 75.5 Å². The molecular weight excluding hydrogens is 693 g/mol. The monoisotopic (exact) mass is 748 g/mol. The van der Waals surface area contributed by atoms with Crippen LogP contribution >= 0.6 is 11.3 Å². The van der Waals surface area contributed by atoms with Gasteiger partial charge in [0.25, 0.3) is 0 Å². The number of β-amino-alcohol motifs (C(OH)–C–C–N with tert-alkyl or cyclic N) is 1. The molecule has 4 rings (SSSR count). The summed E-state index contributed by atoms with van der Waals surface area (Å²) in [5.74, 6) is -1.32. The Bertz CT molecular complexity index is 1670. The molecule has 13 heteroatoms. The van der Waals surface area contributed by atoms with Gasteiger partial charge in [0.2, 0.25) is 23.6 Å². The third-order valence-electron chi connectivity index (χ3n) is 9.69. The summed E-state index contributed by atoms with van der Waals surface area (Å²) in [6.45, 7) is 10.2. The fraction of sp³-hybridized carbons (Fsp3) is 0.525. The molecular formula is C40H56N6O6S. The van der Waals surface area contributed by atoms with Crippen LogP contribution in [0.1, 0.15) is 88.6 Å². The standard InChI is InChI=1S/C40H56N6O6S/c1-25-36(53-24-44-25)30-16-14-28(15-17-30)21-43-38(50)33-20-31(47)22-46(33)39(51)37(40(3,4)5)45-35(49)9-7-6-8-27-10-12-29(13-11-27)23-52-26(2)32(41)18-19-34(42)48/h10-17,24,26,31-33,37,47H,6-9,18-23,41H2,1-5H3,(H2,42,48)(H,43,50)(H,45,49)/t26-,31-,32+,33+,37?/m1/s1. The Balaban J connectivity index is 1.23. The second-order valence-electron chi connectivity index (χ2n) is 15.2. The maximum Gasteiger partial charge on any atom is 0.246 e. The molecule has 1 saturated heterocycles. The number of aryl methyl sites for hydroxylation is 2. The molecule has 53 heavy (non-hydrogen) atoms. The molecule has 1 aliphatic heterocycles. The first-order chi connectivity index (χ1) is 25.1. The highest BCUT2D eigenvalue weighted by atomic mass is 32.1. The molecule has 2 heterocycles. The molecule has 3 aromatic rings. The maximum absolute atomic E-state index is 13.9. The van der Waals surface area contributed by atoms with Crippen LogP contribution in [0.25, 0.3) is 10.4 Å². The highest BCUT2D eigenvalue weighted by Crippen LogP contribution is 2.28. The zero-order chi connectivity index (χ0) is 38.7. The quantitative estimate of drug-likeness (QED) is 0.120. The van der Waals surface area contributed by atoms with E-state index in [2.05, 4.69) is 15.6 Å². The van der Waals surface area contributed by atoms with Gasteiger partial charge in [0.1, 0.15) is 12.1 Å². The minimum absolute atomic E-state index is 0.0245. The smallest absolute Gasteiger partial charge is 0.246 e. The number of hydrogen-bond acceptors (Lipinski definition) is 9. The van der Waals surface area contributed by atoms with Crippen molar-refractivity contribution >= 4 is 35.0 Å².